The topological polar surface area (TPSA) is 95.9 Å². The molecule has 1 amide bonds. The Morgan fingerprint density at radius 3 is 2.41 bits per heavy atom. The number of carbonyl (C=O) groups excluding carboxylic acids is 1. The van der Waals surface area contributed by atoms with Crippen molar-refractivity contribution >= 4 is 21.9 Å². The van der Waals surface area contributed by atoms with Gasteiger partial charge in [-0.3, -0.25) is 4.79 Å². The van der Waals surface area contributed by atoms with Crippen LogP contribution in [0.15, 0.2) is 41.4 Å². The van der Waals surface area contributed by atoms with Crippen LogP contribution in [0.5, 0.6) is 5.88 Å². The maximum Gasteiger partial charge on any atom is 0.243 e. The fraction of sp³-hybridized carbons (Fsp3) is 0.421. The van der Waals surface area contributed by atoms with Crippen molar-refractivity contribution in [3.63, 3.8) is 0 Å². The number of hydrogen-bond donors (Lipinski definition) is 0. The van der Waals surface area contributed by atoms with Crippen molar-refractivity contribution in [2.45, 2.75) is 11.8 Å². The minimum atomic E-state index is -3.71. The molecule has 0 unspecified atom stereocenters. The molecule has 1 saturated heterocycles. The Hall–Kier alpha value is -2.72. The van der Waals surface area contributed by atoms with Crippen LogP contribution >= 0.6 is 0 Å². The Morgan fingerprint density at radius 1 is 1.14 bits per heavy atom. The van der Waals surface area contributed by atoms with Crippen LogP contribution in [-0.2, 0) is 14.8 Å². The molecule has 1 aromatic heterocycles. The van der Waals surface area contributed by atoms with Crippen LogP contribution in [0, 0.1) is 6.92 Å². The second-order valence-electron chi connectivity index (χ2n) is 6.84. The minimum absolute atomic E-state index is 0.179. The molecule has 2 aromatic rings. The largest absolute Gasteiger partial charge is 0.481 e. The van der Waals surface area contributed by atoms with Crippen molar-refractivity contribution in [3.05, 3.63) is 42.1 Å². The molecule has 1 aromatic carbocycles. The first-order valence-electron chi connectivity index (χ1n) is 9.24. The molecular formula is C19H25N5O4S. The predicted molar refractivity (Wildman–Crippen MR) is 108 cm³/mol. The second-order valence-corrected chi connectivity index (χ2v) is 8.89. The highest BCUT2D eigenvalue weighted by atomic mass is 32.2. The first-order valence-corrected chi connectivity index (χ1v) is 10.7. The number of benzene rings is 1. The lowest BCUT2D eigenvalue weighted by atomic mass is 10.2. The third-order valence-electron chi connectivity index (χ3n) is 4.83. The van der Waals surface area contributed by atoms with Gasteiger partial charge in [0.15, 0.2) is 0 Å². The zero-order valence-corrected chi connectivity index (χ0v) is 17.6. The smallest absolute Gasteiger partial charge is 0.243 e. The number of sulfonamides is 1. The molecule has 0 bridgehead atoms. The summed E-state index contributed by atoms with van der Waals surface area (Å²) in [4.78, 5) is 25.0. The van der Waals surface area contributed by atoms with E-state index in [-0.39, 0.29) is 17.3 Å². The Labute approximate surface area is 171 Å². The van der Waals surface area contributed by atoms with Gasteiger partial charge in [-0.1, -0.05) is 17.7 Å². The number of nitrogens with zero attached hydrogens (tertiary/aromatic N) is 5. The third-order valence-corrected chi connectivity index (χ3v) is 6.65. The van der Waals surface area contributed by atoms with E-state index in [9.17, 15) is 13.2 Å². The molecule has 3 rings (SSSR count). The van der Waals surface area contributed by atoms with Crippen LogP contribution < -0.4 is 9.64 Å². The van der Waals surface area contributed by atoms with Crippen molar-refractivity contribution in [3.8, 4) is 5.88 Å². The van der Waals surface area contributed by atoms with Gasteiger partial charge in [-0.2, -0.15) is 9.29 Å². The lowest BCUT2D eigenvalue weighted by Gasteiger charge is -2.35. The first-order chi connectivity index (χ1) is 13.8. The summed E-state index contributed by atoms with van der Waals surface area (Å²) in [6.07, 6.45) is 1.63. The van der Waals surface area contributed by atoms with Crippen molar-refractivity contribution in [1.82, 2.24) is 19.2 Å². The number of hydrogen-bond acceptors (Lipinski definition) is 7. The molecule has 0 N–H and O–H groups in total. The Kier molecular flexibility index (Phi) is 6.33. The van der Waals surface area contributed by atoms with E-state index in [0.29, 0.717) is 38.0 Å². The number of rotatable bonds is 6. The van der Waals surface area contributed by atoms with Gasteiger partial charge >= 0.3 is 0 Å². The van der Waals surface area contributed by atoms with E-state index in [1.54, 1.807) is 48.5 Å². The SMILES string of the molecule is COc1ccnc(N2CCN(C(=O)CN(C)S(=O)(=O)c3ccc(C)cc3)CC2)n1. The summed E-state index contributed by atoms with van der Waals surface area (Å²) >= 11 is 0. The molecule has 1 aliphatic rings. The lowest BCUT2D eigenvalue weighted by Crippen LogP contribution is -2.51. The Morgan fingerprint density at radius 2 is 1.79 bits per heavy atom. The van der Waals surface area contributed by atoms with Crippen molar-refractivity contribution in [1.29, 1.82) is 0 Å². The Balaban J connectivity index is 1.58. The van der Waals surface area contributed by atoms with Gasteiger partial charge in [0.05, 0.1) is 18.6 Å². The molecule has 1 fully saturated rings. The highest BCUT2D eigenvalue weighted by Crippen LogP contribution is 2.17. The number of carbonyl (C=O) groups is 1. The maximum absolute atomic E-state index is 12.7. The number of anilines is 1. The molecule has 1 aliphatic heterocycles. The number of piperazine rings is 1. The van der Waals surface area contributed by atoms with Gasteiger partial charge in [0, 0.05) is 45.5 Å². The summed E-state index contributed by atoms with van der Waals surface area (Å²) in [6.45, 7) is 3.75. The average Bonchev–Trinajstić information content (AvgIpc) is 2.74. The quantitative estimate of drug-likeness (QED) is 0.682. The summed E-state index contributed by atoms with van der Waals surface area (Å²) in [5, 5.41) is 0. The van der Waals surface area contributed by atoms with E-state index < -0.39 is 10.0 Å². The van der Waals surface area contributed by atoms with Gasteiger partial charge in [0.25, 0.3) is 0 Å². The number of amides is 1. The van der Waals surface area contributed by atoms with Gasteiger partial charge in [-0.15, -0.1) is 0 Å². The molecule has 0 atom stereocenters. The van der Waals surface area contributed by atoms with Gasteiger partial charge in [0.2, 0.25) is 27.8 Å². The molecule has 10 heteroatoms. The fourth-order valence-corrected chi connectivity index (χ4v) is 4.14. The highest BCUT2D eigenvalue weighted by molar-refractivity contribution is 7.89. The van der Waals surface area contributed by atoms with Crippen molar-refractivity contribution in [2.24, 2.45) is 0 Å². The monoisotopic (exact) mass is 419 g/mol. The number of aryl methyl sites for hydroxylation is 1. The van der Waals surface area contributed by atoms with Crippen LogP contribution in [0.1, 0.15) is 5.56 Å². The average molecular weight is 420 g/mol. The lowest BCUT2D eigenvalue weighted by molar-refractivity contribution is -0.131. The maximum atomic E-state index is 12.7. The molecule has 156 valence electrons. The molecule has 0 radical (unpaired) electrons. The standard InChI is InChI=1S/C19H25N5O4S/c1-15-4-6-16(7-5-15)29(26,27)22(2)14-18(25)23-10-12-24(13-11-23)19-20-9-8-17(21-19)28-3/h4-9H,10-14H2,1-3H3. The van der Waals surface area contributed by atoms with E-state index in [1.807, 2.05) is 11.8 Å². The molecule has 0 aliphatic carbocycles. The summed E-state index contributed by atoms with van der Waals surface area (Å²) in [5.74, 6) is 0.807. The number of methoxy groups -OCH3 is 1. The number of likely N-dealkylation sites (N-methyl/N-ethyl adjacent to an activating group) is 1. The Bertz CT molecular complexity index is 957. The molecule has 2 heterocycles. The molecular weight excluding hydrogens is 394 g/mol. The van der Waals surface area contributed by atoms with Crippen molar-refractivity contribution < 1.29 is 17.9 Å². The van der Waals surface area contributed by atoms with Crippen LogP contribution in [0.4, 0.5) is 5.95 Å². The fourth-order valence-electron chi connectivity index (χ4n) is 3.02. The summed E-state index contributed by atoms with van der Waals surface area (Å²) < 4.78 is 31.6. The third kappa shape index (κ3) is 4.83. The highest BCUT2D eigenvalue weighted by Gasteiger charge is 2.27. The van der Waals surface area contributed by atoms with Gasteiger partial charge in [-0.05, 0) is 19.1 Å². The van der Waals surface area contributed by atoms with Crippen LogP contribution in [0.2, 0.25) is 0 Å². The van der Waals surface area contributed by atoms with Gasteiger partial charge < -0.3 is 14.5 Å². The van der Waals surface area contributed by atoms with Crippen LogP contribution in [0.25, 0.3) is 0 Å². The predicted octanol–water partition coefficient (Wildman–Crippen LogP) is 0.763. The zero-order chi connectivity index (χ0) is 21.0. The normalized spacial score (nSPS) is 14.9. The molecule has 29 heavy (non-hydrogen) atoms. The first kappa shape index (κ1) is 21.0. The van der Waals surface area contributed by atoms with E-state index in [1.165, 1.54) is 7.05 Å². The van der Waals surface area contributed by atoms with E-state index in [0.717, 1.165) is 9.87 Å². The zero-order valence-electron chi connectivity index (χ0n) is 16.8. The number of ether oxygens (including phenoxy) is 1. The van der Waals surface area contributed by atoms with E-state index in [2.05, 4.69) is 9.97 Å². The van der Waals surface area contributed by atoms with Crippen molar-refractivity contribution in [2.75, 3.05) is 51.8 Å². The summed E-state index contributed by atoms with van der Waals surface area (Å²) in [5.41, 5.74) is 0.973. The van der Waals surface area contributed by atoms with Crippen LogP contribution in [0.3, 0.4) is 0 Å². The van der Waals surface area contributed by atoms with E-state index in [4.69, 9.17) is 4.74 Å². The van der Waals surface area contributed by atoms with Crippen LogP contribution in [-0.4, -0.2) is 80.4 Å². The van der Waals surface area contributed by atoms with E-state index >= 15 is 0 Å². The number of aromatic nitrogens is 2. The van der Waals surface area contributed by atoms with Gasteiger partial charge in [0.1, 0.15) is 0 Å². The molecule has 9 nitrogen and oxygen atoms in total. The molecule has 0 saturated carbocycles. The minimum Gasteiger partial charge on any atom is -0.481 e. The summed E-state index contributed by atoms with van der Waals surface area (Å²) in [6, 6.07) is 8.26. The second kappa shape index (κ2) is 8.75. The van der Waals surface area contributed by atoms with Gasteiger partial charge in [-0.25, -0.2) is 13.4 Å². The molecule has 0 spiro atoms. The summed E-state index contributed by atoms with van der Waals surface area (Å²) in [7, 11) is -0.740.